The molecule has 0 aliphatic heterocycles. The third-order valence-corrected chi connectivity index (χ3v) is 2.86. The standard InChI is InChI=1S/C12H8BrN3O4/c13-11-5-7(3-4-14-11)12(18)15-9-6-8(16(19)20)1-2-10(9)17/h1-6,17H,(H,15,18). The Balaban J connectivity index is 2.27. The molecule has 0 bridgehead atoms. The highest BCUT2D eigenvalue weighted by Crippen LogP contribution is 2.28. The van der Waals surface area contributed by atoms with Crippen LogP contribution in [0.15, 0.2) is 41.1 Å². The van der Waals surface area contributed by atoms with Crippen LogP contribution in [-0.2, 0) is 0 Å². The molecule has 1 amide bonds. The van der Waals surface area contributed by atoms with Crippen LogP contribution >= 0.6 is 15.9 Å². The molecule has 1 aromatic heterocycles. The average Bonchev–Trinajstić information content (AvgIpc) is 2.41. The van der Waals surface area contributed by atoms with Gasteiger partial charge in [0.15, 0.2) is 0 Å². The summed E-state index contributed by atoms with van der Waals surface area (Å²) in [4.78, 5) is 25.9. The van der Waals surface area contributed by atoms with Crippen molar-refractivity contribution in [3.8, 4) is 5.75 Å². The molecule has 1 aromatic carbocycles. The molecule has 2 N–H and O–H groups in total. The smallest absolute Gasteiger partial charge is 0.271 e. The number of nitro groups is 1. The van der Waals surface area contributed by atoms with Crippen LogP contribution in [0, 0.1) is 10.1 Å². The first kappa shape index (κ1) is 13.9. The van der Waals surface area contributed by atoms with Crippen molar-refractivity contribution in [2.45, 2.75) is 0 Å². The Morgan fingerprint density at radius 2 is 2.10 bits per heavy atom. The van der Waals surface area contributed by atoms with Crippen molar-refractivity contribution in [3.05, 3.63) is 56.8 Å². The van der Waals surface area contributed by atoms with E-state index in [9.17, 15) is 20.0 Å². The number of carbonyl (C=O) groups is 1. The van der Waals surface area contributed by atoms with Crippen LogP contribution in [0.1, 0.15) is 10.4 Å². The predicted molar refractivity (Wildman–Crippen MR) is 74.7 cm³/mol. The minimum absolute atomic E-state index is 0.0304. The number of hydrogen-bond donors (Lipinski definition) is 2. The molecule has 0 aliphatic rings. The zero-order valence-electron chi connectivity index (χ0n) is 9.91. The number of amides is 1. The molecule has 0 unspecified atom stereocenters. The van der Waals surface area contributed by atoms with E-state index in [1.807, 2.05) is 0 Å². The van der Waals surface area contributed by atoms with Gasteiger partial charge in [-0.3, -0.25) is 14.9 Å². The van der Waals surface area contributed by atoms with Crippen molar-refractivity contribution < 1.29 is 14.8 Å². The Bertz CT molecular complexity index is 690. The summed E-state index contributed by atoms with van der Waals surface area (Å²) in [6.45, 7) is 0. The van der Waals surface area contributed by atoms with E-state index in [1.165, 1.54) is 18.3 Å². The number of halogens is 1. The number of aromatic nitrogens is 1. The molecule has 20 heavy (non-hydrogen) atoms. The number of hydrogen-bond acceptors (Lipinski definition) is 5. The minimum atomic E-state index is -0.613. The second-order valence-electron chi connectivity index (χ2n) is 3.78. The zero-order chi connectivity index (χ0) is 14.7. The zero-order valence-corrected chi connectivity index (χ0v) is 11.5. The van der Waals surface area contributed by atoms with Crippen molar-refractivity contribution in [2.24, 2.45) is 0 Å². The summed E-state index contributed by atoms with van der Waals surface area (Å²) < 4.78 is 0.480. The number of anilines is 1. The number of aromatic hydroxyl groups is 1. The monoisotopic (exact) mass is 337 g/mol. The van der Waals surface area contributed by atoms with E-state index in [4.69, 9.17) is 0 Å². The SMILES string of the molecule is O=C(Nc1cc([N+](=O)[O-])ccc1O)c1ccnc(Br)c1. The summed E-state index contributed by atoms with van der Waals surface area (Å²) in [5.74, 6) is -0.763. The number of non-ortho nitro benzene ring substituents is 1. The molecule has 102 valence electrons. The van der Waals surface area contributed by atoms with Gasteiger partial charge in [0.1, 0.15) is 10.4 Å². The Morgan fingerprint density at radius 3 is 2.75 bits per heavy atom. The summed E-state index contributed by atoms with van der Waals surface area (Å²) in [5, 5.41) is 22.7. The van der Waals surface area contributed by atoms with Crippen LogP contribution in [-0.4, -0.2) is 20.9 Å². The normalized spacial score (nSPS) is 10.1. The lowest BCUT2D eigenvalue weighted by molar-refractivity contribution is -0.384. The molecule has 0 radical (unpaired) electrons. The van der Waals surface area contributed by atoms with Crippen molar-refractivity contribution in [1.29, 1.82) is 0 Å². The van der Waals surface area contributed by atoms with E-state index in [2.05, 4.69) is 26.2 Å². The van der Waals surface area contributed by atoms with E-state index in [1.54, 1.807) is 0 Å². The fourth-order valence-electron chi connectivity index (χ4n) is 1.48. The third-order valence-electron chi connectivity index (χ3n) is 2.43. The Hall–Kier alpha value is -2.48. The molecule has 0 spiro atoms. The van der Waals surface area contributed by atoms with Crippen LogP contribution in [0.5, 0.6) is 5.75 Å². The van der Waals surface area contributed by atoms with Crippen LogP contribution in [0.25, 0.3) is 0 Å². The van der Waals surface area contributed by atoms with Crippen molar-refractivity contribution in [1.82, 2.24) is 4.98 Å². The molecule has 0 atom stereocenters. The Kier molecular flexibility index (Phi) is 3.94. The van der Waals surface area contributed by atoms with Crippen molar-refractivity contribution in [2.75, 3.05) is 5.32 Å². The number of phenolic OH excluding ortho intramolecular Hbond substituents is 1. The van der Waals surface area contributed by atoms with Gasteiger partial charge in [-0.05, 0) is 34.1 Å². The highest BCUT2D eigenvalue weighted by molar-refractivity contribution is 9.10. The maximum Gasteiger partial charge on any atom is 0.271 e. The maximum absolute atomic E-state index is 12.0. The van der Waals surface area contributed by atoms with E-state index in [0.29, 0.717) is 10.2 Å². The van der Waals surface area contributed by atoms with Gasteiger partial charge in [-0.25, -0.2) is 4.98 Å². The lowest BCUT2D eigenvalue weighted by Crippen LogP contribution is -2.12. The summed E-state index contributed by atoms with van der Waals surface area (Å²) >= 11 is 3.13. The topological polar surface area (TPSA) is 105 Å². The molecule has 1 heterocycles. The molecule has 8 heteroatoms. The highest BCUT2D eigenvalue weighted by atomic mass is 79.9. The number of carbonyl (C=O) groups excluding carboxylic acids is 1. The molecule has 2 rings (SSSR count). The van der Waals surface area contributed by atoms with Gasteiger partial charge in [0.05, 0.1) is 10.6 Å². The lowest BCUT2D eigenvalue weighted by Gasteiger charge is -2.07. The molecular weight excluding hydrogens is 330 g/mol. The largest absolute Gasteiger partial charge is 0.506 e. The maximum atomic E-state index is 12.0. The first-order valence-electron chi connectivity index (χ1n) is 5.37. The number of rotatable bonds is 3. The third kappa shape index (κ3) is 3.09. The van der Waals surface area contributed by atoms with Gasteiger partial charge < -0.3 is 10.4 Å². The van der Waals surface area contributed by atoms with E-state index >= 15 is 0 Å². The molecule has 0 fully saturated rings. The first-order chi connectivity index (χ1) is 9.47. The van der Waals surface area contributed by atoms with E-state index in [-0.39, 0.29) is 17.1 Å². The van der Waals surface area contributed by atoms with Gasteiger partial charge >= 0.3 is 0 Å². The summed E-state index contributed by atoms with van der Waals surface area (Å²) in [6, 6.07) is 6.35. The quantitative estimate of drug-likeness (QED) is 0.387. The van der Waals surface area contributed by atoms with Crippen LogP contribution in [0.4, 0.5) is 11.4 Å². The minimum Gasteiger partial charge on any atom is -0.506 e. The molecule has 0 saturated heterocycles. The number of nitrogens with zero attached hydrogens (tertiary/aromatic N) is 2. The molecule has 0 saturated carbocycles. The van der Waals surface area contributed by atoms with Gasteiger partial charge in [0.2, 0.25) is 0 Å². The van der Waals surface area contributed by atoms with Crippen molar-refractivity contribution >= 4 is 33.2 Å². The fraction of sp³-hybridized carbons (Fsp3) is 0. The Labute approximate surface area is 121 Å². The molecule has 0 aliphatic carbocycles. The van der Waals surface area contributed by atoms with Gasteiger partial charge in [0.25, 0.3) is 11.6 Å². The van der Waals surface area contributed by atoms with Gasteiger partial charge in [-0.1, -0.05) is 0 Å². The Morgan fingerprint density at radius 1 is 1.35 bits per heavy atom. The lowest BCUT2D eigenvalue weighted by atomic mass is 10.2. The average molecular weight is 338 g/mol. The summed E-state index contributed by atoms with van der Waals surface area (Å²) in [7, 11) is 0. The fourth-order valence-corrected chi connectivity index (χ4v) is 1.84. The molecule has 7 nitrogen and oxygen atoms in total. The van der Waals surface area contributed by atoms with Crippen LogP contribution in [0.2, 0.25) is 0 Å². The van der Waals surface area contributed by atoms with Gasteiger partial charge in [-0.15, -0.1) is 0 Å². The van der Waals surface area contributed by atoms with Gasteiger partial charge in [-0.2, -0.15) is 0 Å². The number of nitrogens with one attached hydrogen (secondary N) is 1. The van der Waals surface area contributed by atoms with E-state index < -0.39 is 10.8 Å². The second kappa shape index (κ2) is 5.66. The highest BCUT2D eigenvalue weighted by Gasteiger charge is 2.14. The molecular formula is C12H8BrN3O4. The van der Waals surface area contributed by atoms with Crippen LogP contribution in [0.3, 0.4) is 0 Å². The van der Waals surface area contributed by atoms with E-state index in [0.717, 1.165) is 18.2 Å². The second-order valence-corrected chi connectivity index (χ2v) is 4.59. The first-order valence-corrected chi connectivity index (χ1v) is 6.17. The summed E-state index contributed by atoms with van der Waals surface area (Å²) in [5.41, 5.74) is 0.0453. The number of pyridine rings is 1. The summed E-state index contributed by atoms with van der Waals surface area (Å²) in [6.07, 6.45) is 1.44. The number of benzene rings is 1. The van der Waals surface area contributed by atoms with Gasteiger partial charge in [0, 0.05) is 23.9 Å². The number of phenols is 1. The number of nitro benzene ring substituents is 1. The van der Waals surface area contributed by atoms with Crippen molar-refractivity contribution in [3.63, 3.8) is 0 Å². The van der Waals surface area contributed by atoms with Crippen LogP contribution < -0.4 is 5.32 Å². The predicted octanol–water partition coefficient (Wildman–Crippen LogP) is 2.71. The molecule has 2 aromatic rings.